The Labute approximate surface area is 154 Å². The van der Waals surface area contributed by atoms with Gasteiger partial charge in [0.1, 0.15) is 5.69 Å². The first kappa shape index (κ1) is 19.3. The second-order valence-electron chi connectivity index (χ2n) is 7.10. The van der Waals surface area contributed by atoms with Crippen LogP contribution in [0.2, 0.25) is 16.6 Å². The van der Waals surface area contributed by atoms with E-state index in [0.29, 0.717) is 23.2 Å². The van der Waals surface area contributed by atoms with E-state index < -0.39 is 8.32 Å². The third-order valence-corrected chi connectivity index (χ3v) is 11.2. The molecule has 0 aliphatic carbocycles. The lowest BCUT2D eigenvalue weighted by Gasteiger charge is -2.41. The number of nitrogens with zero attached hydrogens (tertiary/aromatic N) is 4. The van der Waals surface area contributed by atoms with Crippen LogP contribution in [0.15, 0.2) is 29.0 Å². The van der Waals surface area contributed by atoms with Crippen LogP contribution in [-0.4, -0.2) is 28.3 Å². The monoisotopic (exact) mass is 410 g/mol. The van der Waals surface area contributed by atoms with Crippen LogP contribution in [0.25, 0.3) is 5.82 Å². The van der Waals surface area contributed by atoms with Crippen LogP contribution >= 0.6 is 15.9 Å². The topological polar surface area (TPSA) is 52.8 Å². The Morgan fingerprint density at radius 3 is 2.21 bits per heavy atom. The quantitative estimate of drug-likeness (QED) is 0.594. The molecule has 2 heterocycles. The van der Waals surface area contributed by atoms with Crippen LogP contribution < -0.4 is 0 Å². The van der Waals surface area contributed by atoms with Crippen LogP contribution in [-0.2, 0) is 11.0 Å². The van der Waals surface area contributed by atoms with Crippen molar-refractivity contribution in [1.29, 1.82) is 0 Å². The van der Waals surface area contributed by atoms with Gasteiger partial charge in [0, 0.05) is 10.7 Å². The van der Waals surface area contributed by atoms with Gasteiger partial charge in [-0.1, -0.05) is 46.8 Å². The maximum atomic E-state index is 6.56. The lowest BCUT2D eigenvalue weighted by atomic mass is 10.4. The third-order valence-electron chi connectivity index (χ3n) is 4.66. The molecule has 5 nitrogen and oxygen atoms in total. The number of hydrogen-bond donors (Lipinski definition) is 0. The molecule has 0 amide bonds. The van der Waals surface area contributed by atoms with E-state index in [2.05, 4.69) is 72.8 Å². The Kier molecular flexibility index (Phi) is 6.33. The van der Waals surface area contributed by atoms with Gasteiger partial charge in [0.2, 0.25) is 8.32 Å². The second kappa shape index (κ2) is 7.88. The molecule has 0 aliphatic rings. The molecule has 0 saturated heterocycles. The molecule has 0 saturated carbocycles. The van der Waals surface area contributed by atoms with Crippen molar-refractivity contribution in [3.05, 3.63) is 34.7 Å². The summed E-state index contributed by atoms with van der Waals surface area (Å²) < 4.78 is 9.19. The molecule has 0 atom stereocenters. The van der Waals surface area contributed by atoms with Crippen LogP contribution in [0.4, 0.5) is 0 Å². The predicted octanol–water partition coefficient (Wildman–Crippen LogP) is 5.12. The molecule has 0 unspecified atom stereocenters. The van der Waals surface area contributed by atoms with Crippen molar-refractivity contribution in [3.8, 4) is 5.82 Å². The summed E-state index contributed by atoms with van der Waals surface area (Å²) in [6.45, 7) is 14.2. The van der Waals surface area contributed by atoms with E-state index in [0.717, 1.165) is 16.0 Å². The van der Waals surface area contributed by atoms with E-state index in [-0.39, 0.29) is 0 Å². The zero-order valence-corrected chi connectivity index (χ0v) is 17.9. The first-order valence-corrected chi connectivity index (χ1v) is 11.4. The fraction of sp³-hybridized carbons (Fsp3) is 0.588. The Morgan fingerprint density at radius 1 is 1.08 bits per heavy atom. The van der Waals surface area contributed by atoms with E-state index in [4.69, 9.17) is 4.43 Å². The van der Waals surface area contributed by atoms with Gasteiger partial charge < -0.3 is 4.43 Å². The van der Waals surface area contributed by atoms with Crippen molar-refractivity contribution in [2.45, 2.75) is 64.8 Å². The van der Waals surface area contributed by atoms with Crippen molar-refractivity contribution in [3.63, 3.8) is 0 Å². The first-order valence-electron chi connectivity index (χ1n) is 8.44. The van der Waals surface area contributed by atoms with Crippen LogP contribution in [0.1, 0.15) is 47.2 Å². The summed E-state index contributed by atoms with van der Waals surface area (Å²) in [5.74, 6) is 0.747. The summed E-state index contributed by atoms with van der Waals surface area (Å²) in [5, 5.41) is 8.43. The van der Waals surface area contributed by atoms with Gasteiger partial charge in [-0.05, 0) is 44.7 Å². The van der Waals surface area contributed by atoms with E-state index in [1.54, 1.807) is 10.9 Å². The zero-order chi connectivity index (χ0) is 17.9. The van der Waals surface area contributed by atoms with Gasteiger partial charge >= 0.3 is 0 Å². The summed E-state index contributed by atoms with van der Waals surface area (Å²) in [7, 11) is -1.89. The maximum Gasteiger partial charge on any atom is 0.200 e. The number of pyridine rings is 1. The van der Waals surface area contributed by atoms with Crippen LogP contribution in [0.5, 0.6) is 0 Å². The average molecular weight is 411 g/mol. The Hall–Kier alpha value is -1.05. The predicted molar refractivity (Wildman–Crippen MR) is 103 cm³/mol. The molecule has 132 valence electrons. The van der Waals surface area contributed by atoms with Crippen molar-refractivity contribution in [2.75, 3.05) is 0 Å². The van der Waals surface area contributed by atoms with Gasteiger partial charge in [-0.2, -0.15) is 0 Å². The van der Waals surface area contributed by atoms with Crippen LogP contribution in [0.3, 0.4) is 0 Å². The van der Waals surface area contributed by atoms with Crippen molar-refractivity contribution >= 4 is 24.2 Å². The Bertz CT molecular complexity index is 633. The van der Waals surface area contributed by atoms with Gasteiger partial charge in [0.05, 0.1) is 12.8 Å². The molecule has 0 spiro atoms. The molecule has 0 radical (unpaired) electrons. The molecule has 2 aromatic heterocycles. The fourth-order valence-electron chi connectivity index (χ4n) is 3.68. The number of hydrogen-bond acceptors (Lipinski definition) is 4. The zero-order valence-electron chi connectivity index (χ0n) is 15.3. The molecule has 0 N–H and O–H groups in total. The number of halogens is 1. The maximum absolute atomic E-state index is 6.56. The molecule has 0 aliphatic heterocycles. The standard InChI is InChI=1S/C17H27BrN4OSi/c1-12(2)24(13(3)4,14(5)6)23-11-16-10-22(21-20-16)17-8-7-15(18)9-19-17/h7-10,12-14H,11H2,1-6H3. The molecule has 0 bridgehead atoms. The Morgan fingerprint density at radius 2 is 1.71 bits per heavy atom. The van der Waals surface area contributed by atoms with Gasteiger partial charge in [-0.25, -0.2) is 9.67 Å². The van der Waals surface area contributed by atoms with E-state index in [9.17, 15) is 0 Å². The number of aromatic nitrogens is 4. The largest absolute Gasteiger partial charge is 0.410 e. The molecule has 2 aromatic rings. The smallest absolute Gasteiger partial charge is 0.200 e. The van der Waals surface area contributed by atoms with Crippen molar-refractivity contribution < 1.29 is 4.43 Å². The molecule has 0 fully saturated rings. The molecule has 2 rings (SSSR count). The van der Waals surface area contributed by atoms with Crippen molar-refractivity contribution in [2.24, 2.45) is 0 Å². The summed E-state index contributed by atoms with van der Waals surface area (Å²) in [6.07, 6.45) is 3.65. The number of rotatable bonds is 7. The Balaban J connectivity index is 2.15. The molecular weight excluding hydrogens is 384 g/mol. The highest BCUT2D eigenvalue weighted by Crippen LogP contribution is 2.42. The van der Waals surface area contributed by atoms with Crippen molar-refractivity contribution in [1.82, 2.24) is 20.0 Å². The highest BCUT2D eigenvalue weighted by atomic mass is 79.9. The molecular formula is C17H27BrN4OSi. The van der Waals surface area contributed by atoms with E-state index >= 15 is 0 Å². The molecule has 7 heteroatoms. The summed E-state index contributed by atoms with van der Waals surface area (Å²) in [4.78, 5) is 4.34. The lowest BCUT2D eigenvalue weighted by molar-refractivity contribution is 0.261. The minimum Gasteiger partial charge on any atom is -0.410 e. The SMILES string of the molecule is CC(C)[Si](OCc1cn(-c2ccc(Br)cn2)nn1)(C(C)C)C(C)C. The van der Waals surface area contributed by atoms with Gasteiger partial charge in [0.25, 0.3) is 0 Å². The van der Waals surface area contributed by atoms with Gasteiger partial charge in [-0.15, -0.1) is 5.10 Å². The lowest BCUT2D eigenvalue weighted by Crippen LogP contribution is -2.47. The minimum atomic E-state index is -1.89. The van der Waals surface area contributed by atoms with E-state index in [1.165, 1.54) is 0 Å². The summed E-state index contributed by atoms with van der Waals surface area (Å²) >= 11 is 3.39. The highest BCUT2D eigenvalue weighted by Gasteiger charge is 2.45. The average Bonchev–Trinajstić information content (AvgIpc) is 2.96. The molecule has 24 heavy (non-hydrogen) atoms. The third kappa shape index (κ3) is 3.95. The highest BCUT2D eigenvalue weighted by molar-refractivity contribution is 9.10. The minimum absolute atomic E-state index is 0.511. The van der Waals surface area contributed by atoms with E-state index in [1.807, 2.05) is 18.3 Å². The van der Waals surface area contributed by atoms with Gasteiger partial charge in [-0.3, -0.25) is 0 Å². The fourth-order valence-corrected chi connectivity index (χ4v) is 9.31. The normalized spacial score (nSPS) is 12.6. The summed E-state index contributed by atoms with van der Waals surface area (Å²) in [5.41, 5.74) is 2.51. The second-order valence-corrected chi connectivity index (χ2v) is 13.5. The molecule has 0 aromatic carbocycles. The van der Waals surface area contributed by atoms with Crippen LogP contribution in [0, 0.1) is 0 Å². The van der Waals surface area contributed by atoms with Gasteiger partial charge in [0.15, 0.2) is 5.82 Å². The first-order chi connectivity index (χ1) is 11.3. The summed E-state index contributed by atoms with van der Waals surface area (Å²) in [6, 6.07) is 3.84.